The summed E-state index contributed by atoms with van der Waals surface area (Å²) in [5, 5.41) is 0. The largest absolute Gasteiger partial charge is 0.337 e. The molecule has 0 aromatic carbocycles. The maximum Gasteiger partial charge on any atom is 0.337 e. The van der Waals surface area contributed by atoms with E-state index in [1.807, 2.05) is 0 Å². The van der Waals surface area contributed by atoms with Gasteiger partial charge in [0.25, 0.3) is 0 Å². The van der Waals surface area contributed by atoms with E-state index in [1.54, 1.807) is 0 Å². The van der Waals surface area contributed by atoms with Crippen LogP contribution in [-0.4, -0.2) is 9.36 Å². The van der Waals surface area contributed by atoms with Gasteiger partial charge in [0.1, 0.15) is 0 Å². The van der Waals surface area contributed by atoms with Gasteiger partial charge in [-0.3, -0.25) is 9.09 Å². The van der Waals surface area contributed by atoms with Crippen LogP contribution < -0.4 is 11.0 Å². The van der Waals surface area contributed by atoms with Crippen molar-refractivity contribution < 1.29 is 9.09 Å². The van der Waals surface area contributed by atoms with Gasteiger partial charge in [-0.2, -0.15) is 0 Å². The third kappa shape index (κ3) is 6.43. The number of alkyl halides is 4. The zero-order chi connectivity index (χ0) is 9.28. The lowest BCUT2D eigenvalue weighted by Gasteiger charge is -2.19. The van der Waals surface area contributed by atoms with Crippen molar-refractivity contribution in [2.24, 2.45) is 11.0 Å². The minimum atomic E-state index is -3.70. The third-order valence-corrected chi connectivity index (χ3v) is 2.53. The highest BCUT2D eigenvalue weighted by atomic mass is 35.6. The smallest absolute Gasteiger partial charge is 0.282 e. The van der Waals surface area contributed by atoms with Crippen molar-refractivity contribution in [3.63, 3.8) is 0 Å². The topological polar surface area (TPSA) is 78.3 Å². The van der Waals surface area contributed by atoms with Gasteiger partial charge >= 0.3 is 7.67 Å². The minimum absolute atomic E-state index is 1.44. The predicted molar refractivity (Wildman–Crippen MR) is 47.0 cm³/mol. The molecule has 0 aromatic heterocycles. The zero-order valence-electron chi connectivity index (χ0n) is 5.01. The minimum Gasteiger partial charge on any atom is -0.282 e. The molecule has 0 aliphatic rings. The van der Waals surface area contributed by atoms with E-state index in [2.05, 4.69) is 4.52 Å². The molecule has 0 aliphatic carbocycles. The Labute approximate surface area is 83.6 Å². The normalized spacial score (nSPS) is 16.5. The number of halogens is 4. The fourth-order valence-electron chi connectivity index (χ4n) is 0.204. The highest BCUT2D eigenvalue weighted by Crippen LogP contribution is 2.41. The second kappa shape index (κ2) is 3.99. The van der Waals surface area contributed by atoms with Crippen molar-refractivity contribution in [2.45, 2.75) is 9.36 Å². The van der Waals surface area contributed by atoms with Crippen LogP contribution in [0.4, 0.5) is 0 Å². The first-order valence-corrected chi connectivity index (χ1v) is 5.52. The van der Waals surface area contributed by atoms with Crippen LogP contribution in [0, 0.1) is 0 Å². The Bertz CT molecular complexity index is 175. The molecule has 11 heavy (non-hydrogen) atoms. The Morgan fingerprint density at radius 2 is 1.73 bits per heavy atom. The first kappa shape index (κ1) is 12.3. The fraction of sp³-hybridized carbons (Fsp3) is 1.00. The van der Waals surface area contributed by atoms with E-state index in [0.717, 1.165) is 0 Å². The lowest BCUT2D eigenvalue weighted by atomic mass is 10.8. The van der Waals surface area contributed by atoms with Gasteiger partial charge in [0.05, 0.1) is 0 Å². The van der Waals surface area contributed by atoms with E-state index in [1.165, 1.54) is 0 Å². The molecule has 0 saturated heterocycles. The molecule has 0 amide bonds. The van der Waals surface area contributed by atoms with Crippen molar-refractivity contribution in [3.8, 4) is 0 Å². The van der Waals surface area contributed by atoms with Gasteiger partial charge < -0.3 is 0 Å². The number of rotatable bonds is 2. The lowest BCUT2D eigenvalue weighted by Crippen LogP contribution is -2.25. The lowest BCUT2D eigenvalue weighted by molar-refractivity contribution is 0.285. The van der Waals surface area contributed by atoms with Crippen LogP contribution >= 0.6 is 54.1 Å². The molecule has 0 heterocycles. The van der Waals surface area contributed by atoms with E-state index in [9.17, 15) is 4.57 Å². The molecule has 1 atom stereocenters. The fourth-order valence-corrected chi connectivity index (χ4v) is 1.35. The molecule has 0 radical (unpaired) electrons. The van der Waals surface area contributed by atoms with Gasteiger partial charge in [-0.05, 0) is 0 Å². The SMILES string of the molecule is NP(N)(=O)OC(Cl)C(Cl)(Cl)Cl. The van der Waals surface area contributed by atoms with Gasteiger partial charge in [0.2, 0.25) is 3.79 Å². The van der Waals surface area contributed by atoms with E-state index >= 15 is 0 Å². The Morgan fingerprint density at radius 1 is 1.36 bits per heavy atom. The molecule has 0 rings (SSSR count). The quantitative estimate of drug-likeness (QED) is 0.588. The van der Waals surface area contributed by atoms with Crippen LogP contribution in [0.5, 0.6) is 0 Å². The van der Waals surface area contributed by atoms with Crippen LogP contribution in [0.2, 0.25) is 0 Å². The number of nitrogens with two attached hydrogens (primary N) is 2. The van der Waals surface area contributed by atoms with Crippen LogP contribution in [0.25, 0.3) is 0 Å². The summed E-state index contributed by atoms with van der Waals surface area (Å²) in [6.45, 7) is 0. The van der Waals surface area contributed by atoms with E-state index in [-0.39, 0.29) is 0 Å². The molecule has 0 spiro atoms. The molecular formula is C2H5Cl4N2O2P. The van der Waals surface area contributed by atoms with E-state index in [4.69, 9.17) is 57.4 Å². The van der Waals surface area contributed by atoms with Gasteiger partial charge in [-0.25, -0.2) is 11.0 Å². The van der Waals surface area contributed by atoms with Gasteiger partial charge in [-0.15, -0.1) is 0 Å². The second-order valence-electron chi connectivity index (χ2n) is 1.61. The first-order chi connectivity index (χ1) is 4.63. The molecule has 0 fully saturated rings. The average molecular weight is 262 g/mol. The van der Waals surface area contributed by atoms with Gasteiger partial charge in [-0.1, -0.05) is 46.4 Å². The maximum absolute atomic E-state index is 10.5. The molecule has 0 saturated carbocycles. The van der Waals surface area contributed by atoms with Crippen molar-refractivity contribution in [1.82, 2.24) is 0 Å². The third-order valence-electron chi connectivity index (χ3n) is 0.515. The van der Waals surface area contributed by atoms with Gasteiger partial charge in [0.15, 0.2) is 5.56 Å². The monoisotopic (exact) mass is 260 g/mol. The van der Waals surface area contributed by atoms with Crippen LogP contribution in [-0.2, 0) is 9.09 Å². The Kier molecular flexibility index (Phi) is 4.45. The first-order valence-electron chi connectivity index (χ1n) is 2.19. The summed E-state index contributed by atoms with van der Waals surface area (Å²) in [6.07, 6.45) is 0. The summed E-state index contributed by atoms with van der Waals surface area (Å²) >= 11 is 21.0. The summed E-state index contributed by atoms with van der Waals surface area (Å²) in [7, 11) is -3.70. The van der Waals surface area contributed by atoms with Crippen LogP contribution in [0.1, 0.15) is 0 Å². The van der Waals surface area contributed by atoms with Crippen LogP contribution in [0.3, 0.4) is 0 Å². The maximum atomic E-state index is 10.5. The average Bonchev–Trinajstić information content (AvgIpc) is 1.56. The Morgan fingerprint density at radius 3 is 1.82 bits per heavy atom. The molecule has 4 N–H and O–H groups in total. The second-order valence-corrected chi connectivity index (χ2v) is 5.87. The highest BCUT2D eigenvalue weighted by Gasteiger charge is 2.35. The molecule has 0 bridgehead atoms. The number of hydrogen-bond donors (Lipinski definition) is 2. The van der Waals surface area contributed by atoms with E-state index in [0.29, 0.717) is 0 Å². The summed E-state index contributed by atoms with van der Waals surface area (Å²) in [4.78, 5) is 0. The van der Waals surface area contributed by atoms with Crippen molar-refractivity contribution in [3.05, 3.63) is 0 Å². The Hall–Kier alpha value is 1.27. The summed E-state index contributed by atoms with van der Waals surface area (Å²) in [5.74, 6) is 0. The number of hydrogen-bond acceptors (Lipinski definition) is 2. The predicted octanol–water partition coefficient (Wildman–Crippen LogP) is 1.96. The van der Waals surface area contributed by atoms with Crippen molar-refractivity contribution in [2.75, 3.05) is 0 Å². The van der Waals surface area contributed by atoms with Crippen molar-refractivity contribution >= 4 is 54.1 Å². The Balaban J connectivity index is 4.10. The summed E-state index contributed by atoms with van der Waals surface area (Å²) in [5.41, 5.74) is 8.13. The summed E-state index contributed by atoms with van der Waals surface area (Å²) in [6, 6.07) is 0. The van der Waals surface area contributed by atoms with Crippen LogP contribution in [0.15, 0.2) is 0 Å². The van der Waals surface area contributed by atoms with E-state index < -0.39 is 17.0 Å². The van der Waals surface area contributed by atoms with Crippen molar-refractivity contribution in [1.29, 1.82) is 0 Å². The molecule has 0 aromatic rings. The molecule has 1 unspecified atom stereocenters. The molecule has 68 valence electrons. The van der Waals surface area contributed by atoms with Gasteiger partial charge in [0, 0.05) is 0 Å². The molecule has 4 nitrogen and oxygen atoms in total. The molecule has 0 aliphatic heterocycles. The zero-order valence-corrected chi connectivity index (χ0v) is 8.93. The molecule has 9 heteroatoms. The molecular weight excluding hydrogens is 257 g/mol. The highest BCUT2D eigenvalue weighted by molar-refractivity contribution is 7.53. The standard InChI is InChI=1S/C2H5Cl4N2O2P/c3-1(2(4,5)6)10-11(7,8)9/h1H,(H4,7,8,9). The summed E-state index contributed by atoms with van der Waals surface area (Å²) < 4.78 is 12.9.